The van der Waals surface area contributed by atoms with Crippen LogP contribution in [-0.2, 0) is 29.0 Å². The van der Waals surface area contributed by atoms with Gasteiger partial charge in [-0.25, -0.2) is 4.99 Å². The van der Waals surface area contributed by atoms with Gasteiger partial charge in [0.1, 0.15) is 12.4 Å². The number of aromatic nitrogens is 3. The first-order valence-electron chi connectivity index (χ1n) is 10.3. The maximum absolute atomic E-state index is 12.1. The topological polar surface area (TPSA) is 84.6 Å². The molecule has 0 aliphatic carbocycles. The molecule has 0 amide bonds. The molecular formula is C19H32N6O2. The Balaban J connectivity index is 1.69. The summed E-state index contributed by atoms with van der Waals surface area (Å²) in [4.78, 5) is 19.1. The van der Waals surface area contributed by atoms with Crippen molar-refractivity contribution in [2.24, 2.45) is 10.9 Å². The number of hydrogen-bond acceptors (Lipinski definition) is 5. The maximum atomic E-state index is 12.1. The smallest absolute Gasteiger partial charge is 0.310 e. The normalized spacial score (nSPS) is 20.7. The second kappa shape index (κ2) is 9.71. The first-order chi connectivity index (χ1) is 13.2. The Morgan fingerprint density at radius 1 is 1.22 bits per heavy atom. The lowest BCUT2D eigenvalue weighted by Gasteiger charge is -2.34. The van der Waals surface area contributed by atoms with E-state index in [4.69, 9.17) is 9.73 Å². The maximum Gasteiger partial charge on any atom is 0.310 e. The number of fused-ring (bicyclic) bond motifs is 1. The number of aliphatic imine (C=N–C) groups is 1. The Hall–Kier alpha value is -2.12. The molecule has 8 nitrogen and oxygen atoms in total. The van der Waals surface area contributed by atoms with Gasteiger partial charge in [-0.2, -0.15) is 0 Å². The fraction of sp³-hybridized carbons (Fsp3) is 0.789. The highest BCUT2D eigenvalue weighted by atomic mass is 16.5. The van der Waals surface area contributed by atoms with Crippen molar-refractivity contribution in [2.45, 2.75) is 65.5 Å². The van der Waals surface area contributed by atoms with Gasteiger partial charge in [0.2, 0.25) is 0 Å². The van der Waals surface area contributed by atoms with Crippen LogP contribution in [0, 0.1) is 5.92 Å². The monoisotopic (exact) mass is 376 g/mol. The molecule has 150 valence electrons. The van der Waals surface area contributed by atoms with E-state index in [1.807, 2.05) is 6.92 Å². The summed E-state index contributed by atoms with van der Waals surface area (Å²) < 4.78 is 7.45. The summed E-state index contributed by atoms with van der Waals surface area (Å²) in [6, 6.07) is 0. The summed E-state index contributed by atoms with van der Waals surface area (Å²) in [7, 11) is 0. The van der Waals surface area contributed by atoms with Crippen LogP contribution in [0.25, 0.3) is 0 Å². The molecule has 0 saturated carbocycles. The number of likely N-dealkylation sites (tertiary alicyclic amines) is 1. The zero-order valence-corrected chi connectivity index (χ0v) is 16.6. The number of nitrogens with one attached hydrogen (secondary N) is 1. The van der Waals surface area contributed by atoms with Crippen molar-refractivity contribution in [1.82, 2.24) is 25.0 Å². The van der Waals surface area contributed by atoms with Gasteiger partial charge in [-0.15, -0.1) is 10.2 Å². The summed E-state index contributed by atoms with van der Waals surface area (Å²) in [5.41, 5.74) is 0. The van der Waals surface area contributed by atoms with Gasteiger partial charge in [0, 0.05) is 32.6 Å². The van der Waals surface area contributed by atoms with Crippen molar-refractivity contribution in [3.63, 3.8) is 0 Å². The van der Waals surface area contributed by atoms with Crippen molar-refractivity contribution >= 4 is 11.9 Å². The number of carbonyl (C=O) groups excluding carboxylic acids is 1. The number of carbonyl (C=O) groups is 1. The lowest BCUT2D eigenvalue weighted by atomic mass is 9.98. The number of guanidine groups is 1. The Bertz CT molecular complexity index is 657. The van der Waals surface area contributed by atoms with E-state index in [-0.39, 0.29) is 11.9 Å². The summed E-state index contributed by atoms with van der Waals surface area (Å²) in [5, 5.41) is 12.1. The zero-order chi connectivity index (χ0) is 19.1. The van der Waals surface area contributed by atoms with Crippen molar-refractivity contribution in [3.05, 3.63) is 11.6 Å². The minimum Gasteiger partial charge on any atom is -0.466 e. The number of hydrogen-bond donors (Lipinski definition) is 1. The van der Waals surface area contributed by atoms with Gasteiger partial charge in [0.15, 0.2) is 11.8 Å². The highest BCUT2D eigenvalue weighted by Gasteiger charge is 2.28. The van der Waals surface area contributed by atoms with Crippen molar-refractivity contribution < 1.29 is 9.53 Å². The SMILES string of the molecule is CCNC(=NCc1nnc2n1CCCCC2)N1CCCC(C(=O)OCC)C1. The average molecular weight is 377 g/mol. The molecule has 1 saturated heterocycles. The first kappa shape index (κ1) is 19.6. The molecule has 1 N–H and O–H groups in total. The fourth-order valence-corrected chi connectivity index (χ4v) is 3.86. The van der Waals surface area contributed by atoms with E-state index in [1.54, 1.807) is 0 Å². The second-order valence-electron chi connectivity index (χ2n) is 7.20. The van der Waals surface area contributed by atoms with E-state index in [0.717, 1.165) is 56.5 Å². The van der Waals surface area contributed by atoms with Gasteiger partial charge in [-0.05, 0) is 39.5 Å². The molecule has 1 atom stereocenters. The van der Waals surface area contributed by atoms with Gasteiger partial charge in [-0.1, -0.05) is 6.42 Å². The zero-order valence-electron chi connectivity index (χ0n) is 16.6. The lowest BCUT2D eigenvalue weighted by Crippen LogP contribution is -2.48. The van der Waals surface area contributed by atoms with E-state index in [9.17, 15) is 4.79 Å². The standard InChI is InChI=1S/C19H32N6O2/c1-3-20-19(24-11-8-9-15(14-24)18(26)27-4-2)21-13-17-23-22-16-10-6-5-7-12-25(16)17/h15H,3-14H2,1-2H3,(H,20,21). The average Bonchev–Trinajstić information content (AvgIpc) is 2.91. The lowest BCUT2D eigenvalue weighted by molar-refractivity contribution is -0.149. The van der Waals surface area contributed by atoms with Gasteiger partial charge in [0.05, 0.1) is 12.5 Å². The minimum atomic E-state index is -0.0965. The van der Waals surface area contributed by atoms with Crippen molar-refractivity contribution in [3.8, 4) is 0 Å². The Kier molecular flexibility index (Phi) is 7.06. The van der Waals surface area contributed by atoms with Crippen molar-refractivity contribution in [1.29, 1.82) is 0 Å². The number of ether oxygens (including phenoxy) is 1. The molecule has 2 aliphatic rings. The van der Waals surface area contributed by atoms with Crippen LogP contribution in [0.3, 0.4) is 0 Å². The molecule has 2 aliphatic heterocycles. The van der Waals surface area contributed by atoms with Crippen molar-refractivity contribution in [2.75, 3.05) is 26.2 Å². The molecule has 3 heterocycles. The molecule has 3 rings (SSSR count). The third-order valence-electron chi connectivity index (χ3n) is 5.23. The first-order valence-corrected chi connectivity index (χ1v) is 10.3. The summed E-state index contributed by atoms with van der Waals surface area (Å²) >= 11 is 0. The van der Waals surface area contributed by atoms with Crippen LogP contribution in [-0.4, -0.2) is 57.8 Å². The molecule has 0 bridgehead atoms. The third kappa shape index (κ3) is 4.99. The van der Waals surface area contributed by atoms with Gasteiger partial charge in [0.25, 0.3) is 0 Å². The fourth-order valence-electron chi connectivity index (χ4n) is 3.86. The number of piperidine rings is 1. The number of aryl methyl sites for hydroxylation is 1. The molecule has 8 heteroatoms. The van der Waals surface area contributed by atoms with Crippen LogP contribution in [0.4, 0.5) is 0 Å². The van der Waals surface area contributed by atoms with Crippen LogP contribution in [0.15, 0.2) is 4.99 Å². The molecule has 0 aromatic carbocycles. The molecule has 0 radical (unpaired) electrons. The molecule has 1 aromatic heterocycles. The quantitative estimate of drug-likeness (QED) is 0.479. The molecule has 1 aromatic rings. The summed E-state index contributed by atoms with van der Waals surface area (Å²) in [6.07, 6.45) is 6.46. The number of rotatable bonds is 5. The van der Waals surface area contributed by atoms with E-state index >= 15 is 0 Å². The van der Waals surface area contributed by atoms with E-state index in [2.05, 4.69) is 31.9 Å². The van der Waals surface area contributed by atoms with Crippen LogP contribution >= 0.6 is 0 Å². The van der Waals surface area contributed by atoms with Crippen LogP contribution in [0.5, 0.6) is 0 Å². The Morgan fingerprint density at radius 2 is 2.11 bits per heavy atom. The summed E-state index contributed by atoms with van der Waals surface area (Å²) in [6.45, 7) is 8.19. The van der Waals surface area contributed by atoms with Crippen LogP contribution in [0.1, 0.15) is 57.6 Å². The van der Waals surface area contributed by atoms with E-state index in [0.29, 0.717) is 19.7 Å². The molecule has 1 fully saturated rings. The van der Waals surface area contributed by atoms with E-state index < -0.39 is 0 Å². The van der Waals surface area contributed by atoms with Crippen LogP contribution < -0.4 is 5.32 Å². The minimum absolute atomic E-state index is 0.0769. The number of esters is 1. The molecule has 1 unspecified atom stereocenters. The summed E-state index contributed by atoms with van der Waals surface area (Å²) in [5.74, 6) is 2.69. The van der Waals surface area contributed by atoms with E-state index in [1.165, 1.54) is 19.3 Å². The second-order valence-corrected chi connectivity index (χ2v) is 7.20. The Morgan fingerprint density at radius 3 is 2.93 bits per heavy atom. The Labute approximate surface area is 161 Å². The molecule has 0 spiro atoms. The highest BCUT2D eigenvalue weighted by Crippen LogP contribution is 2.19. The highest BCUT2D eigenvalue weighted by molar-refractivity contribution is 5.81. The van der Waals surface area contributed by atoms with Gasteiger partial charge < -0.3 is 19.5 Å². The molecule has 27 heavy (non-hydrogen) atoms. The van der Waals surface area contributed by atoms with Crippen LogP contribution in [0.2, 0.25) is 0 Å². The predicted molar refractivity (Wildman–Crippen MR) is 103 cm³/mol. The third-order valence-corrected chi connectivity index (χ3v) is 5.23. The predicted octanol–water partition coefficient (Wildman–Crippen LogP) is 1.75. The molecular weight excluding hydrogens is 344 g/mol. The van der Waals surface area contributed by atoms with Gasteiger partial charge >= 0.3 is 5.97 Å². The van der Waals surface area contributed by atoms with Gasteiger partial charge in [-0.3, -0.25) is 4.79 Å². The largest absolute Gasteiger partial charge is 0.466 e. The number of nitrogens with zero attached hydrogens (tertiary/aromatic N) is 5.